The van der Waals surface area contributed by atoms with Crippen LogP contribution in [0.5, 0.6) is 5.75 Å². The Morgan fingerprint density at radius 1 is 1.15 bits per heavy atom. The van der Waals surface area contributed by atoms with Gasteiger partial charge in [0.2, 0.25) is 12.2 Å². The van der Waals surface area contributed by atoms with Crippen molar-refractivity contribution in [3.8, 4) is 5.75 Å². The maximum absolute atomic E-state index is 12.9. The molecule has 3 heterocycles. The van der Waals surface area contributed by atoms with Crippen molar-refractivity contribution in [2.24, 2.45) is 0 Å². The summed E-state index contributed by atoms with van der Waals surface area (Å²) < 4.78 is 41.4. The summed E-state index contributed by atoms with van der Waals surface area (Å²) in [5, 5.41) is 4.00. The van der Waals surface area contributed by atoms with E-state index in [0.29, 0.717) is 34.4 Å². The molecule has 1 unspecified atom stereocenters. The van der Waals surface area contributed by atoms with Crippen LogP contribution in [0.1, 0.15) is 52.4 Å². The summed E-state index contributed by atoms with van der Waals surface area (Å²) in [6.45, 7) is 1.58. The average Bonchev–Trinajstić information content (AvgIpc) is 3.27. The lowest BCUT2D eigenvalue weighted by Gasteiger charge is -2.31. The van der Waals surface area contributed by atoms with Crippen LogP contribution in [0.2, 0.25) is 10.0 Å². The highest BCUT2D eigenvalue weighted by molar-refractivity contribution is 9.10. The average molecular weight is 676 g/mol. The molecule has 208 valence electrons. The van der Waals surface area contributed by atoms with Crippen molar-refractivity contribution in [3.63, 3.8) is 0 Å². The quantitative estimate of drug-likeness (QED) is 0.285. The Kier molecular flexibility index (Phi) is 8.87. The van der Waals surface area contributed by atoms with Crippen molar-refractivity contribution < 1.29 is 26.9 Å². The Bertz CT molecular complexity index is 1490. The highest BCUT2D eigenvalue weighted by Crippen LogP contribution is 2.38. The third-order valence-corrected chi connectivity index (χ3v) is 9.51. The van der Waals surface area contributed by atoms with Gasteiger partial charge in [0, 0.05) is 50.0 Å². The molecular weight excluding hydrogens is 651 g/mol. The van der Waals surface area contributed by atoms with Gasteiger partial charge in [-0.15, -0.1) is 11.3 Å². The molecule has 1 fully saturated rings. The molecule has 0 saturated carbocycles. The van der Waals surface area contributed by atoms with Gasteiger partial charge in [-0.05, 0) is 48.7 Å². The fourth-order valence-electron chi connectivity index (χ4n) is 4.66. The number of thiazole rings is 1. The molecule has 1 amide bonds. The molecule has 1 atom stereocenters. The molecule has 0 spiro atoms. The number of rotatable bonds is 6. The second-order valence-electron chi connectivity index (χ2n) is 9.42. The van der Waals surface area contributed by atoms with E-state index in [-0.39, 0.29) is 37.2 Å². The van der Waals surface area contributed by atoms with E-state index < -0.39 is 16.4 Å². The summed E-state index contributed by atoms with van der Waals surface area (Å²) in [5.74, 6) is 0.481. The lowest BCUT2D eigenvalue weighted by atomic mass is 9.97. The van der Waals surface area contributed by atoms with Gasteiger partial charge in [0.25, 0.3) is 0 Å². The number of hydrogen-bond acceptors (Lipinski definition) is 8. The summed E-state index contributed by atoms with van der Waals surface area (Å²) in [6.07, 6.45) is 2.13. The maximum atomic E-state index is 12.9. The zero-order chi connectivity index (χ0) is 27.7. The number of carbonyl (C=O) groups is 1. The number of hydrogen-bond donors (Lipinski definition) is 0. The van der Waals surface area contributed by atoms with Gasteiger partial charge in [0.1, 0.15) is 11.4 Å². The van der Waals surface area contributed by atoms with Crippen LogP contribution in [0.15, 0.2) is 40.2 Å². The van der Waals surface area contributed by atoms with Gasteiger partial charge in [-0.2, -0.15) is 8.42 Å². The molecule has 2 aliphatic heterocycles. The minimum absolute atomic E-state index is 0.0302. The second-order valence-corrected chi connectivity index (χ2v) is 13.6. The maximum Gasteiger partial charge on any atom is 0.306 e. The number of fused-ring (bicyclic) bond motifs is 1. The number of piperidine rings is 1. The van der Waals surface area contributed by atoms with Gasteiger partial charge in [0.15, 0.2) is 0 Å². The number of likely N-dealkylation sites (tertiary alicyclic amines) is 1. The summed E-state index contributed by atoms with van der Waals surface area (Å²) in [5.41, 5.74) is 2.78. The summed E-state index contributed by atoms with van der Waals surface area (Å²) in [7, 11) is -3.70. The summed E-state index contributed by atoms with van der Waals surface area (Å²) in [4.78, 5) is 19.6. The SMILES string of the molecule is CS(=O)(=O)Oc1ccc(Br)c2c1COC(c1csc(C3CCN(C(=O)Cc4cc(Cl)ccc4Cl)CC3)n1)OC2. The number of benzene rings is 2. The standard InChI is InChI=1S/C26H25BrCl2N2O6S2/c1-39(33,34)37-23-5-3-20(27)18-12-35-26(36-13-19(18)23)22-14-38-25(30-22)15-6-8-31(9-7-15)24(32)11-16-10-17(28)2-4-21(16)29/h2-5,10,14-15,26H,6-9,11-13H2,1H3. The third kappa shape index (κ3) is 6.95. The highest BCUT2D eigenvalue weighted by atomic mass is 79.9. The van der Waals surface area contributed by atoms with Crippen molar-refractivity contribution in [1.29, 1.82) is 0 Å². The van der Waals surface area contributed by atoms with E-state index in [1.165, 1.54) is 0 Å². The van der Waals surface area contributed by atoms with Crippen LogP contribution >= 0.6 is 50.5 Å². The molecule has 0 aliphatic carbocycles. The zero-order valence-electron chi connectivity index (χ0n) is 20.9. The second kappa shape index (κ2) is 12.0. The Morgan fingerprint density at radius 3 is 2.59 bits per heavy atom. The van der Waals surface area contributed by atoms with E-state index >= 15 is 0 Å². The number of halogens is 3. The van der Waals surface area contributed by atoms with Gasteiger partial charge >= 0.3 is 10.1 Å². The number of aromatic nitrogens is 1. The molecule has 5 rings (SSSR count). The fraction of sp³-hybridized carbons (Fsp3) is 0.385. The molecule has 1 aromatic heterocycles. The largest absolute Gasteiger partial charge is 0.382 e. The molecule has 3 aromatic rings. The van der Waals surface area contributed by atoms with Crippen molar-refractivity contribution in [2.45, 2.75) is 44.7 Å². The number of carbonyl (C=O) groups excluding carboxylic acids is 1. The molecule has 8 nitrogen and oxygen atoms in total. The molecule has 2 aliphatic rings. The molecule has 0 N–H and O–H groups in total. The number of amides is 1. The Labute approximate surface area is 249 Å². The van der Waals surface area contributed by atoms with Crippen LogP contribution in [0.3, 0.4) is 0 Å². The van der Waals surface area contributed by atoms with E-state index in [4.69, 9.17) is 41.8 Å². The first-order chi connectivity index (χ1) is 18.6. The van der Waals surface area contributed by atoms with Crippen molar-refractivity contribution in [2.75, 3.05) is 19.3 Å². The topological polar surface area (TPSA) is 95.0 Å². The normalized spacial score (nSPS) is 18.5. The van der Waals surface area contributed by atoms with Gasteiger partial charge in [-0.1, -0.05) is 39.1 Å². The van der Waals surface area contributed by atoms with Crippen molar-refractivity contribution >= 4 is 66.5 Å². The molecule has 0 bridgehead atoms. The monoisotopic (exact) mass is 674 g/mol. The van der Waals surface area contributed by atoms with Gasteiger partial charge in [-0.3, -0.25) is 4.79 Å². The summed E-state index contributed by atoms with van der Waals surface area (Å²) in [6, 6.07) is 8.47. The lowest BCUT2D eigenvalue weighted by molar-refractivity contribution is -0.155. The van der Waals surface area contributed by atoms with Crippen LogP contribution in [0.4, 0.5) is 0 Å². The zero-order valence-corrected chi connectivity index (χ0v) is 25.6. The van der Waals surface area contributed by atoms with Crippen LogP contribution in [-0.2, 0) is 44.0 Å². The first-order valence-corrected chi connectivity index (χ1v) is 16.4. The van der Waals surface area contributed by atoms with Gasteiger partial charge < -0.3 is 18.6 Å². The predicted octanol–water partition coefficient (Wildman–Crippen LogP) is 6.25. The molecule has 13 heteroatoms. The predicted molar refractivity (Wildman–Crippen MR) is 153 cm³/mol. The minimum atomic E-state index is -3.70. The number of nitrogens with zero attached hydrogens (tertiary/aromatic N) is 2. The minimum Gasteiger partial charge on any atom is -0.382 e. The Morgan fingerprint density at radius 2 is 1.87 bits per heavy atom. The van der Waals surface area contributed by atoms with Crippen molar-refractivity contribution in [3.05, 3.63) is 77.6 Å². The molecule has 2 aromatic carbocycles. The van der Waals surface area contributed by atoms with E-state index in [1.54, 1.807) is 41.7 Å². The first kappa shape index (κ1) is 28.8. The van der Waals surface area contributed by atoms with Gasteiger partial charge in [0.05, 0.1) is 30.9 Å². The molecule has 1 saturated heterocycles. The smallest absolute Gasteiger partial charge is 0.306 e. The first-order valence-electron chi connectivity index (χ1n) is 12.2. The Balaban J connectivity index is 1.20. The van der Waals surface area contributed by atoms with E-state index in [2.05, 4.69) is 15.9 Å². The molecular formula is C26H25BrCl2N2O6S2. The van der Waals surface area contributed by atoms with Crippen LogP contribution < -0.4 is 4.18 Å². The van der Waals surface area contributed by atoms with Crippen molar-refractivity contribution in [1.82, 2.24) is 9.88 Å². The summed E-state index contributed by atoms with van der Waals surface area (Å²) >= 11 is 17.4. The van der Waals surface area contributed by atoms with Crippen LogP contribution in [0, 0.1) is 0 Å². The van der Waals surface area contributed by atoms with E-state index in [1.807, 2.05) is 10.3 Å². The van der Waals surface area contributed by atoms with E-state index in [9.17, 15) is 13.2 Å². The van der Waals surface area contributed by atoms with Crippen LogP contribution in [0.25, 0.3) is 0 Å². The Hall–Kier alpha value is -1.73. The fourth-order valence-corrected chi connectivity index (χ4v) is 7.00. The van der Waals surface area contributed by atoms with Crippen LogP contribution in [-0.4, -0.2) is 43.6 Å². The van der Waals surface area contributed by atoms with Gasteiger partial charge in [-0.25, -0.2) is 4.98 Å². The third-order valence-electron chi connectivity index (χ3n) is 6.66. The number of ether oxygens (including phenoxy) is 2. The molecule has 0 radical (unpaired) electrons. The lowest BCUT2D eigenvalue weighted by Crippen LogP contribution is -2.38. The molecule has 39 heavy (non-hydrogen) atoms. The van der Waals surface area contributed by atoms with E-state index in [0.717, 1.165) is 39.7 Å². The highest BCUT2D eigenvalue weighted by Gasteiger charge is 2.29.